The topological polar surface area (TPSA) is 62.2 Å². The van der Waals surface area contributed by atoms with Crippen LogP contribution in [0.5, 0.6) is 0 Å². The Labute approximate surface area is 150 Å². The standard InChI is InChI=1S/C22H16N2O2/c25-22(26)19-11-10-16(15-6-2-1-3-7-15)13-21(19)24-18-12-17-8-4-5-9-20(17)23-14-18/h1-14,24H,(H,25,26). The molecule has 0 spiro atoms. The highest BCUT2D eigenvalue weighted by Gasteiger charge is 2.12. The van der Waals surface area contributed by atoms with Crippen molar-refractivity contribution in [1.82, 2.24) is 4.98 Å². The second kappa shape index (κ2) is 6.69. The first-order valence-corrected chi connectivity index (χ1v) is 8.25. The maximum atomic E-state index is 11.6. The number of hydrogen-bond donors (Lipinski definition) is 2. The van der Waals surface area contributed by atoms with E-state index in [2.05, 4.69) is 10.3 Å². The SMILES string of the molecule is O=C(O)c1ccc(-c2ccccc2)cc1Nc1cnc2ccccc2c1. The summed E-state index contributed by atoms with van der Waals surface area (Å²) in [5.74, 6) is -0.971. The zero-order valence-electron chi connectivity index (χ0n) is 13.9. The molecule has 126 valence electrons. The second-order valence-electron chi connectivity index (χ2n) is 5.97. The Bertz CT molecular complexity index is 1090. The van der Waals surface area contributed by atoms with E-state index in [0.29, 0.717) is 5.69 Å². The molecule has 4 nitrogen and oxygen atoms in total. The lowest BCUT2D eigenvalue weighted by molar-refractivity contribution is 0.0698. The number of carboxylic acid groups (broad SMARTS) is 1. The van der Waals surface area contributed by atoms with E-state index in [4.69, 9.17) is 0 Å². The zero-order chi connectivity index (χ0) is 17.9. The van der Waals surface area contributed by atoms with Crippen LogP contribution in [0.15, 0.2) is 85.1 Å². The number of benzene rings is 3. The maximum absolute atomic E-state index is 11.6. The molecule has 2 N–H and O–H groups in total. The van der Waals surface area contributed by atoms with Crippen LogP contribution in [-0.4, -0.2) is 16.1 Å². The van der Waals surface area contributed by atoms with Gasteiger partial charge in [0.1, 0.15) is 0 Å². The van der Waals surface area contributed by atoms with Gasteiger partial charge in [-0.25, -0.2) is 4.79 Å². The molecule has 1 heterocycles. The Balaban J connectivity index is 1.76. The summed E-state index contributed by atoms with van der Waals surface area (Å²) in [6.45, 7) is 0. The molecule has 26 heavy (non-hydrogen) atoms. The van der Waals surface area contributed by atoms with Gasteiger partial charge in [-0.3, -0.25) is 4.98 Å². The van der Waals surface area contributed by atoms with Gasteiger partial charge in [0.25, 0.3) is 0 Å². The molecule has 1 aromatic heterocycles. The lowest BCUT2D eigenvalue weighted by Gasteiger charge is -2.12. The van der Waals surface area contributed by atoms with E-state index in [0.717, 1.165) is 27.7 Å². The first-order valence-electron chi connectivity index (χ1n) is 8.25. The van der Waals surface area contributed by atoms with E-state index in [1.165, 1.54) is 0 Å². The number of hydrogen-bond acceptors (Lipinski definition) is 3. The number of fused-ring (bicyclic) bond motifs is 1. The number of carboxylic acids is 1. The average molecular weight is 340 g/mol. The number of para-hydroxylation sites is 1. The van der Waals surface area contributed by atoms with Gasteiger partial charge in [-0.2, -0.15) is 0 Å². The predicted octanol–water partition coefficient (Wildman–Crippen LogP) is 5.34. The molecule has 4 heteroatoms. The minimum absolute atomic E-state index is 0.220. The van der Waals surface area contributed by atoms with E-state index >= 15 is 0 Å². The second-order valence-corrected chi connectivity index (χ2v) is 5.97. The van der Waals surface area contributed by atoms with E-state index in [9.17, 15) is 9.90 Å². The van der Waals surface area contributed by atoms with Crippen LogP contribution in [0.25, 0.3) is 22.0 Å². The smallest absolute Gasteiger partial charge is 0.337 e. The van der Waals surface area contributed by atoms with Gasteiger partial charge in [-0.1, -0.05) is 54.6 Å². The Morgan fingerprint density at radius 2 is 1.62 bits per heavy atom. The van der Waals surface area contributed by atoms with Gasteiger partial charge in [0, 0.05) is 5.39 Å². The van der Waals surface area contributed by atoms with Crippen LogP contribution in [0.1, 0.15) is 10.4 Å². The molecule has 0 aliphatic carbocycles. The first kappa shape index (κ1) is 15.8. The fourth-order valence-corrected chi connectivity index (χ4v) is 2.94. The van der Waals surface area contributed by atoms with Gasteiger partial charge >= 0.3 is 5.97 Å². The molecule has 0 aliphatic heterocycles. The monoisotopic (exact) mass is 340 g/mol. The molecular weight excluding hydrogens is 324 g/mol. The largest absolute Gasteiger partial charge is 0.478 e. The van der Waals surface area contributed by atoms with Crippen LogP contribution >= 0.6 is 0 Å². The Morgan fingerprint density at radius 1 is 0.846 bits per heavy atom. The fourth-order valence-electron chi connectivity index (χ4n) is 2.94. The van der Waals surface area contributed by atoms with E-state index in [1.807, 2.05) is 72.8 Å². The lowest BCUT2D eigenvalue weighted by atomic mass is 10.0. The molecule has 0 atom stereocenters. The third-order valence-corrected chi connectivity index (χ3v) is 4.23. The van der Waals surface area contributed by atoms with E-state index in [-0.39, 0.29) is 5.56 Å². The average Bonchev–Trinajstić information content (AvgIpc) is 2.68. The number of aromatic carboxylic acids is 1. The van der Waals surface area contributed by atoms with Crippen LogP contribution in [0, 0.1) is 0 Å². The lowest BCUT2D eigenvalue weighted by Crippen LogP contribution is -2.03. The summed E-state index contributed by atoms with van der Waals surface area (Å²) in [4.78, 5) is 16.0. The third-order valence-electron chi connectivity index (χ3n) is 4.23. The summed E-state index contributed by atoms with van der Waals surface area (Å²) >= 11 is 0. The quantitative estimate of drug-likeness (QED) is 0.526. The van der Waals surface area contributed by atoms with Crippen LogP contribution in [-0.2, 0) is 0 Å². The van der Waals surface area contributed by atoms with Crippen molar-refractivity contribution in [3.8, 4) is 11.1 Å². The van der Waals surface area contributed by atoms with Crippen LogP contribution in [0.4, 0.5) is 11.4 Å². The molecular formula is C22H16N2O2. The van der Waals surface area contributed by atoms with Crippen molar-refractivity contribution in [1.29, 1.82) is 0 Å². The number of pyridine rings is 1. The Kier molecular flexibility index (Phi) is 4.07. The molecule has 4 aromatic rings. The number of aromatic nitrogens is 1. The molecule has 3 aromatic carbocycles. The highest BCUT2D eigenvalue weighted by Crippen LogP contribution is 2.29. The third kappa shape index (κ3) is 3.13. The fraction of sp³-hybridized carbons (Fsp3) is 0. The molecule has 0 radical (unpaired) electrons. The molecule has 0 amide bonds. The molecule has 0 unspecified atom stereocenters. The van der Waals surface area contributed by atoms with Gasteiger partial charge in [-0.05, 0) is 35.4 Å². The van der Waals surface area contributed by atoms with Crippen molar-refractivity contribution >= 4 is 28.2 Å². The van der Waals surface area contributed by atoms with E-state index < -0.39 is 5.97 Å². The highest BCUT2D eigenvalue weighted by molar-refractivity contribution is 5.97. The summed E-state index contributed by atoms with van der Waals surface area (Å²) in [7, 11) is 0. The summed E-state index contributed by atoms with van der Waals surface area (Å²) in [5, 5.41) is 13.7. The van der Waals surface area contributed by atoms with Crippen molar-refractivity contribution < 1.29 is 9.90 Å². The normalized spacial score (nSPS) is 10.6. The van der Waals surface area contributed by atoms with Gasteiger partial charge < -0.3 is 10.4 Å². The number of nitrogens with zero attached hydrogens (tertiary/aromatic N) is 1. The van der Waals surface area contributed by atoms with Crippen LogP contribution in [0.3, 0.4) is 0 Å². The minimum atomic E-state index is -0.971. The number of rotatable bonds is 4. The van der Waals surface area contributed by atoms with Crippen molar-refractivity contribution in [2.45, 2.75) is 0 Å². The minimum Gasteiger partial charge on any atom is -0.478 e. The molecule has 0 saturated heterocycles. The number of nitrogens with one attached hydrogen (secondary N) is 1. The van der Waals surface area contributed by atoms with Gasteiger partial charge in [0.15, 0.2) is 0 Å². The van der Waals surface area contributed by atoms with Crippen LogP contribution in [0.2, 0.25) is 0 Å². The molecule has 0 fully saturated rings. The predicted molar refractivity (Wildman–Crippen MR) is 104 cm³/mol. The Morgan fingerprint density at radius 3 is 2.42 bits per heavy atom. The van der Waals surface area contributed by atoms with Gasteiger partial charge in [0.05, 0.1) is 28.7 Å². The Hall–Kier alpha value is -3.66. The summed E-state index contributed by atoms with van der Waals surface area (Å²) < 4.78 is 0. The highest BCUT2D eigenvalue weighted by atomic mass is 16.4. The summed E-state index contributed by atoms with van der Waals surface area (Å²) in [6.07, 6.45) is 1.71. The number of carbonyl (C=O) groups is 1. The number of anilines is 2. The van der Waals surface area contributed by atoms with Crippen molar-refractivity contribution in [2.75, 3.05) is 5.32 Å². The first-order chi connectivity index (χ1) is 12.7. The summed E-state index contributed by atoms with van der Waals surface area (Å²) in [6, 6.07) is 24.9. The van der Waals surface area contributed by atoms with Crippen molar-refractivity contribution in [3.05, 3.63) is 90.6 Å². The van der Waals surface area contributed by atoms with Crippen LogP contribution < -0.4 is 5.32 Å². The zero-order valence-corrected chi connectivity index (χ0v) is 13.9. The maximum Gasteiger partial charge on any atom is 0.337 e. The molecule has 0 bridgehead atoms. The molecule has 0 aliphatic rings. The summed E-state index contributed by atoms with van der Waals surface area (Å²) in [5.41, 5.74) is 4.38. The molecule has 4 rings (SSSR count). The van der Waals surface area contributed by atoms with Crippen molar-refractivity contribution in [3.63, 3.8) is 0 Å². The van der Waals surface area contributed by atoms with E-state index in [1.54, 1.807) is 12.3 Å². The van der Waals surface area contributed by atoms with Gasteiger partial charge in [0.2, 0.25) is 0 Å². The van der Waals surface area contributed by atoms with Gasteiger partial charge in [-0.15, -0.1) is 0 Å². The molecule has 0 saturated carbocycles. The van der Waals surface area contributed by atoms with Crippen molar-refractivity contribution in [2.24, 2.45) is 0 Å².